The third-order valence-electron chi connectivity index (χ3n) is 11.1. The zero-order valence-corrected chi connectivity index (χ0v) is 18.0. The van der Waals surface area contributed by atoms with E-state index in [4.69, 9.17) is 0 Å². The van der Waals surface area contributed by atoms with Crippen LogP contribution in [-0.2, 0) is 4.79 Å². The van der Waals surface area contributed by atoms with Crippen LogP contribution < -0.4 is 0 Å². The lowest BCUT2D eigenvalue weighted by molar-refractivity contribution is -0.154. The summed E-state index contributed by atoms with van der Waals surface area (Å²) in [7, 11) is 0. The number of hydrogen-bond acceptors (Lipinski definition) is 1. The second-order valence-electron chi connectivity index (χ2n) is 11.7. The van der Waals surface area contributed by atoms with Gasteiger partial charge in [0.2, 0.25) is 0 Å². The first-order valence-electron chi connectivity index (χ1n) is 11.6. The molecule has 4 fully saturated rings. The minimum absolute atomic E-state index is 0.341. The highest BCUT2D eigenvalue weighted by Gasteiger charge is 2.72. The Morgan fingerprint density at radius 1 is 1.11 bits per heavy atom. The highest BCUT2D eigenvalue weighted by atomic mass is 16.4. The van der Waals surface area contributed by atoms with Gasteiger partial charge in [-0.05, 0) is 105 Å². The molecule has 0 heterocycles. The molecule has 2 heteroatoms. The van der Waals surface area contributed by atoms with Crippen molar-refractivity contribution >= 4 is 5.97 Å². The Balaban J connectivity index is 1.64. The molecule has 0 radical (unpaired) electrons. The lowest BCUT2D eigenvalue weighted by Gasteiger charge is -2.50. The molecule has 8 atom stereocenters. The van der Waals surface area contributed by atoms with Crippen LogP contribution in [0.15, 0.2) is 11.1 Å². The summed E-state index contributed by atoms with van der Waals surface area (Å²) in [5.41, 5.74) is 3.57. The van der Waals surface area contributed by atoms with Crippen molar-refractivity contribution in [1.82, 2.24) is 0 Å². The van der Waals surface area contributed by atoms with Gasteiger partial charge in [-0.2, -0.15) is 0 Å². The van der Waals surface area contributed by atoms with Gasteiger partial charge >= 0.3 is 5.97 Å². The van der Waals surface area contributed by atoms with Gasteiger partial charge in [0.25, 0.3) is 0 Å². The van der Waals surface area contributed by atoms with E-state index in [1.54, 1.807) is 11.1 Å². The molecule has 8 unspecified atom stereocenters. The molecule has 0 aromatic heterocycles. The molecule has 5 aliphatic rings. The first-order chi connectivity index (χ1) is 12.7. The summed E-state index contributed by atoms with van der Waals surface area (Å²) >= 11 is 0. The van der Waals surface area contributed by atoms with Crippen LogP contribution in [-0.4, -0.2) is 11.1 Å². The molecule has 1 spiro atoms. The highest BCUT2D eigenvalue weighted by molar-refractivity contribution is 5.77. The summed E-state index contributed by atoms with van der Waals surface area (Å²) in [6, 6.07) is 0. The standard InChI is InChI=1S/C25H38O2/c1-14(2)17-7-10-24(22(26)27)13-18-16(4)23(5)9-8-19-15(3)6-11-25(19,23)21(18)12-20(17)24/h14-15,17,19-21H,6-13H2,1-5H3,(H,26,27). The van der Waals surface area contributed by atoms with Gasteiger partial charge in [0, 0.05) is 0 Å². The van der Waals surface area contributed by atoms with E-state index in [9.17, 15) is 9.90 Å². The maximum absolute atomic E-state index is 12.6. The summed E-state index contributed by atoms with van der Waals surface area (Å²) < 4.78 is 0. The van der Waals surface area contributed by atoms with Gasteiger partial charge in [0.05, 0.1) is 5.41 Å². The van der Waals surface area contributed by atoms with Crippen LogP contribution in [0.2, 0.25) is 0 Å². The molecule has 0 bridgehead atoms. The predicted octanol–water partition coefficient (Wildman–Crippen LogP) is 6.31. The molecule has 0 saturated heterocycles. The number of fused-ring (bicyclic) bond motifs is 2. The van der Waals surface area contributed by atoms with Crippen LogP contribution in [0.4, 0.5) is 0 Å². The van der Waals surface area contributed by atoms with Crippen LogP contribution in [0.25, 0.3) is 0 Å². The second kappa shape index (κ2) is 5.42. The third kappa shape index (κ3) is 1.87. The molecule has 0 aliphatic heterocycles. The summed E-state index contributed by atoms with van der Waals surface area (Å²) in [4.78, 5) is 12.6. The van der Waals surface area contributed by atoms with Crippen LogP contribution in [0.1, 0.15) is 86.0 Å². The Kier molecular flexibility index (Phi) is 3.66. The smallest absolute Gasteiger partial charge is 0.310 e. The van der Waals surface area contributed by atoms with E-state index in [1.165, 1.54) is 32.1 Å². The summed E-state index contributed by atoms with van der Waals surface area (Å²) in [6.07, 6.45) is 9.58. The minimum Gasteiger partial charge on any atom is -0.481 e. The average Bonchev–Trinajstić information content (AvgIpc) is 3.28. The highest BCUT2D eigenvalue weighted by Crippen LogP contribution is 2.79. The fourth-order valence-corrected chi connectivity index (χ4v) is 9.73. The normalized spacial score (nSPS) is 53.5. The van der Waals surface area contributed by atoms with E-state index in [0.29, 0.717) is 34.5 Å². The van der Waals surface area contributed by atoms with Gasteiger partial charge in [0.15, 0.2) is 0 Å². The maximum atomic E-state index is 12.6. The fourth-order valence-electron chi connectivity index (χ4n) is 9.73. The fraction of sp³-hybridized carbons (Fsp3) is 0.880. The van der Waals surface area contributed by atoms with Crippen molar-refractivity contribution in [3.05, 3.63) is 11.1 Å². The Morgan fingerprint density at radius 3 is 2.52 bits per heavy atom. The predicted molar refractivity (Wildman–Crippen MR) is 108 cm³/mol. The number of aliphatic carboxylic acids is 1. The molecule has 4 saturated carbocycles. The molecule has 150 valence electrons. The number of carboxylic acids is 1. The number of carboxylic acid groups (broad SMARTS) is 1. The van der Waals surface area contributed by atoms with Gasteiger partial charge in [0.1, 0.15) is 0 Å². The average molecular weight is 371 g/mol. The van der Waals surface area contributed by atoms with Gasteiger partial charge in [-0.3, -0.25) is 4.79 Å². The molecule has 1 N–H and O–H groups in total. The molecule has 2 nitrogen and oxygen atoms in total. The van der Waals surface area contributed by atoms with Crippen molar-refractivity contribution in [2.24, 2.45) is 51.8 Å². The zero-order valence-electron chi connectivity index (χ0n) is 18.0. The third-order valence-corrected chi connectivity index (χ3v) is 11.1. The van der Waals surface area contributed by atoms with Gasteiger partial charge in [-0.25, -0.2) is 0 Å². The number of allylic oxidation sites excluding steroid dienone is 2. The van der Waals surface area contributed by atoms with Gasteiger partial charge in [-0.15, -0.1) is 0 Å². The molecule has 0 aromatic rings. The van der Waals surface area contributed by atoms with E-state index in [2.05, 4.69) is 34.6 Å². The lowest BCUT2D eigenvalue weighted by atomic mass is 9.53. The molecular formula is C25H38O2. The van der Waals surface area contributed by atoms with Crippen LogP contribution in [0.5, 0.6) is 0 Å². The summed E-state index contributed by atoms with van der Waals surface area (Å²) in [6.45, 7) is 12.1. The van der Waals surface area contributed by atoms with Crippen LogP contribution >= 0.6 is 0 Å². The number of hydrogen-bond donors (Lipinski definition) is 1. The van der Waals surface area contributed by atoms with Crippen LogP contribution in [0.3, 0.4) is 0 Å². The van der Waals surface area contributed by atoms with E-state index in [0.717, 1.165) is 31.1 Å². The number of carbonyl (C=O) groups is 1. The van der Waals surface area contributed by atoms with Gasteiger partial charge < -0.3 is 5.11 Å². The van der Waals surface area contributed by atoms with E-state index in [-0.39, 0.29) is 0 Å². The van der Waals surface area contributed by atoms with E-state index in [1.807, 2.05) is 0 Å². The molecule has 0 amide bonds. The Hall–Kier alpha value is -0.790. The summed E-state index contributed by atoms with van der Waals surface area (Å²) in [5.74, 6) is 3.51. The van der Waals surface area contributed by atoms with Crippen molar-refractivity contribution in [3.8, 4) is 0 Å². The van der Waals surface area contributed by atoms with E-state index < -0.39 is 11.4 Å². The molecule has 27 heavy (non-hydrogen) atoms. The topological polar surface area (TPSA) is 37.3 Å². The van der Waals surface area contributed by atoms with Crippen molar-refractivity contribution in [2.45, 2.75) is 86.0 Å². The van der Waals surface area contributed by atoms with Crippen molar-refractivity contribution in [1.29, 1.82) is 0 Å². The Bertz CT molecular complexity index is 720. The molecule has 0 aromatic carbocycles. The molecule has 5 rings (SSSR count). The molecule has 5 aliphatic carbocycles. The van der Waals surface area contributed by atoms with Crippen molar-refractivity contribution < 1.29 is 9.90 Å². The Morgan fingerprint density at radius 2 is 1.85 bits per heavy atom. The quantitative estimate of drug-likeness (QED) is 0.578. The number of rotatable bonds is 2. The Labute approximate surface area is 165 Å². The van der Waals surface area contributed by atoms with Gasteiger partial charge in [-0.1, -0.05) is 38.8 Å². The monoisotopic (exact) mass is 370 g/mol. The van der Waals surface area contributed by atoms with E-state index >= 15 is 0 Å². The van der Waals surface area contributed by atoms with Crippen molar-refractivity contribution in [3.63, 3.8) is 0 Å². The maximum Gasteiger partial charge on any atom is 0.310 e. The largest absolute Gasteiger partial charge is 0.481 e. The van der Waals surface area contributed by atoms with Crippen molar-refractivity contribution in [2.75, 3.05) is 0 Å². The zero-order chi connectivity index (χ0) is 19.4. The minimum atomic E-state index is -0.495. The SMILES string of the molecule is CC1=C2CC3(C(=O)O)CCC(C(C)C)C3CC2C23CCC(C)C2CCC13C. The summed E-state index contributed by atoms with van der Waals surface area (Å²) in [5, 5.41) is 10.4. The lowest BCUT2D eigenvalue weighted by Crippen LogP contribution is -2.47. The molecular weight excluding hydrogens is 332 g/mol. The first-order valence-corrected chi connectivity index (χ1v) is 11.6. The second-order valence-corrected chi connectivity index (χ2v) is 11.7. The first kappa shape index (κ1) is 18.3. The van der Waals surface area contributed by atoms with Crippen LogP contribution in [0, 0.1) is 51.8 Å².